The van der Waals surface area contributed by atoms with Crippen molar-refractivity contribution in [1.29, 1.82) is 0 Å². The lowest BCUT2D eigenvalue weighted by Crippen LogP contribution is -2.44. The van der Waals surface area contributed by atoms with Crippen molar-refractivity contribution in [3.05, 3.63) is 0 Å². The van der Waals surface area contributed by atoms with Gasteiger partial charge in [-0.3, -0.25) is 0 Å². The molecule has 1 saturated heterocycles. The molecule has 0 unspecified atom stereocenters. The second-order valence-corrected chi connectivity index (χ2v) is 5.67. The summed E-state index contributed by atoms with van der Waals surface area (Å²) >= 11 is 0. The lowest BCUT2D eigenvalue weighted by molar-refractivity contribution is 0.00247. The van der Waals surface area contributed by atoms with Crippen LogP contribution in [0.15, 0.2) is 0 Å². The molecule has 0 aromatic heterocycles. The van der Waals surface area contributed by atoms with Crippen molar-refractivity contribution in [2.45, 2.75) is 58.9 Å². The predicted octanol–water partition coefficient (Wildman–Crippen LogP) is 3.20. The summed E-state index contributed by atoms with van der Waals surface area (Å²) in [6.07, 6.45) is 7.08. The Bertz CT molecular complexity index is 200. The molecule has 78 valence electrons. The van der Waals surface area contributed by atoms with Crippen LogP contribution in [-0.2, 0) is 0 Å². The fourth-order valence-electron chi connectivity index (χ4n) is 3.12. The van der Waals surface area contributed by atoms with Crippen LogP contribution in [-0.4, -0.2) is 12.6 Å². The average molecular weight is 183 g/mol. The first kappa shape index (κ1) is 9.51. The molecule has 1 saturated carbocycles. The monoisotopic (exact) mass is 183 g/mol. The van der Waals surface area contributed by atoms with Crippen LogP contribution < -0.4 is 5.32 Å². The Hall–Kier alpha value is -0.0400. The zero-order valence-corrected chi connectivity index (χ0v) is 9.32. The summed E-state index contributed by atoms with van der Waals surface area (Å²) in [4.78, 5) is 0. The summed E-state index contributed by atoms with van der Waals surface area (Å²) in [6.45, 7) is 8.54. The maximum Gasteiger partial charge on any atom is 0.00705 e. The third-order valence-electron chi connectivity index (χ3n) is 4.88. The minimum absolute atomic E-state index is 0. The van der Waals surface area contributed by atoms with E-state index in [0.29, 0.717) is 10.8 Å². The Labute approximate surface area is 83.8 Å². The number of nitrogens with one attached hydrogen (secondary N) is 1. The standard InChI is InChI=1S/C12H23N.H2/c1-4-10-8-12(3,9-13-10)11(2)6-5-7-11;/h10,13H,4-9H2,1-3H3;1H/t10-,12-;/m1./s1. The minimum Gasteiger partial charge on any atom is -0.313 e. The van der Waals surface area contributed by atoms with Crippen molar-refractivity contribution in [2.24, 2.45) is 10.8 Å². The van der Waals surface area contributed by atoms with Gasteiger partial charge >= 0.3 is 0 Å². The molecule has 2 fully saturated rings. The van der Waals surface area contributed by atoms with Crippen molar-refractivity contribution in [3.63, 3.8) is 0 Å². The Balaban J connectivity index is 0.000000980. The van der Waals surface area contributed by atoms with Gasteiger partial charge in [0.15, 0.2) is 0 Å². The van der Waals surface area contributed by atoms with Gasteiger partial charge in [0.2, 0.25) is 0 Å². The Kier molecular flexibility index (Phi) is 2.18. The third kappa shape index (κ3) is 1.32. The van der Waals surface area contributed by atoms with Gasteiger partial charge in [-0.05, 0) is 36.5 Å². The molecule has 0 aromatic rings. The molecule has 13 heavy (non-hydrogen) atoms. The quantitative estimate of drug-likeness (QED) is 0.693. The van der Waals surface area contributed by atoms with Crippen LogP contribution in [0.1, 0.15) is 54.3 Å². The number of hydrogen-bond donors (Lipinski definition) is 1. The normalized spacial score (nSPS) is 43.2. The molecule has 2 aliphatic rings. The molecule has 1 heterocycles. The smallest absolute Gasteiger partial charge is 0.00705 e. The summed E-state index contributed by atoms with van der Waals surface area (Å²) in [5, 5.41) is 3.67. The maximum absolute atomic E-state index is 3.67. The molecule has 1 nitrogen and oxygen atoms in total. The molecule has 0 aromatic carbocycles. The molecule has 0 spiro atoms. The van der Waals surface area contributed by atoms with Gasteiger partial charge in [0, 0.05) is 14.0 Å². The van der Waals surface area contributed by atoms with E-state index in [2.05, 4.69) is 26.1 Å². The minimum atomic E-state index is 0. The van der Waals surface area contributed by atoms with Crippen molar-refractivity contribution in [2.75, 3.05) is 6.54 Å². The molecular weight excluding hydrogens is 158 g/mol. The fourth-order valence-corrected chi connectivity index (χ4v) is 3.12. The topological polar surface area (TPSA) is 12.0 Å². The summed E-state index contributed by atoms with van der Waals surface area (Å²) in [5.74, 6) is 0. The highest BCUT2D eigenvalue weighted by Gasteiger charge is 2.51. The number of hydrogen-bond acceptors (Lipinski definition) is 1. The van der Waals surface area contributed by atoms with Crippen LogP contribution in [0.3, 0.4) is 0 Å². The summed E-state index contributed by atoms with van der Waals surface area (Å²) in [6, 6.07) is 0.794. The van der Waals surface area contributed by atoms with E-state index in [1.165, 1.54) is 38.6 Å². The van der Waals surface area contributed by atoms with Crippen molar-refractivity contribution >= 4 is 0 Å². The van der Waals surface area contributed by atoms with Gasteiger partial charge in [0.05, 0.1) is 0 Å². The fraction of sp³-hybridized carbons (Fsp3) is 1.00. The van der Waals surface area contributed by atoms with Gasteiger partial charge in [-0.1, -0.05) is 27.2 Å². The molecular formula is C12H25N. The average Bonchev–Trinajstić information content (AvgIpc) is 2.44. The second kappa shape index (κ2) is 2.98. The van der Waals surface area contributed by atoms with Gasteiger partial charge in [-0.25, -0.2) is 0 Å². The lowest BCUT2D eigenvalue weighted by atomic mass is 9.54. The highest BCUT2D eigenvalue weighted by molar-refractivity contribution is 5.04. The Morgan fingerprint density at radius 1 is 1.31 bits per heavy atom. The van der Waals surface area contributed by atoms with E-state index in [0.717, 1.165) is 6.04 Å². The van der Waals surface area contributed by atoms with Crippen LogP contribution in [0, 0.1) is 10.8 Å². The Morgan fingerprint density at radius 2 is 2.00 bits per heavy atom. The maximum atomic E-state index is 3.67. The van der Waals surface area contributed by atoms with Crippen LogP contribution in [0.2, 0.25) is 0 Å². The Morgan fingerprint density at radius 3 is 2.38 bits per heavy atom. The van der Waals surface area contributed by atoms with E-state index in [1.807, 2.05) is 0 Å². The predicted molar refractivity (Wildman–Crippen MR) is 58.9 cm³/mol. The van der Waals surface area contributed by atoms with Gasteiger partial charge < -0.3 is 5.32 Å². The van der Waals surface area contributed by atoms with Crippen molar-refractivity contribution in [3.8, 4) is 0 Å². The van der Waals surface area contributed by atoms with E-state index in [-0.39, 0.29) is 1.43 Å². The van der Waals surface area contributed by atoms with E-state index >= 15 is 0 Å². The van der Waals surface area contributed by atoms with Crippen molar-refractivity contribution < 1.29 is 1.43 Å². The zero-order valence-electron chi connectivity index (χ0n) is 9.32. The molecule has 0 bridgehead atoms. The van der Waals surface area contributed by atoms with Gasteiger partial charge in [-0.15, -0.1) is 0 Å². The van der Waals surface area contributed by atoms with Gasteiger partial charge in [0.25, 0.3) is 0 Å². The third-order valence-corrected chi connectivity index (χ3v) is 4.88. The lowest BCUT2D eigenvalue weighted by Gasteiger charge is -2.51. The van der Waals surface area contributed by atoms with E-state index in [4.69, 9.17) is 0 Å². The molecule has 2 atom stereocenters. The molecule has 1 aliphatic carbocycles. The molecule has 0 radical (unpaired) electrons. The molecule has 1 aliphatic heterocycles. The molecule has 2 rings (SSSR count). The molecule has 1 heteroatoms. The van der Waals surface area contributed by atoms with E-state index in [1.54, 1.807) is 0 Å². The summed E-state index contributed by atoms with van der Waals surface area (Å²) in [5.41, 5.74) is 1.25. The summed E-state index contributed by atoms with van der Waals surface area (Å²) < 4.78 is 0. The van der Waals surface area contributed by atoms with Gasteiger partial charge in [0.1, 0.15) is 0 Å². The number of rotatable bonds is 2. The highest BCUT2D eigenvalue weighted by atomic mass is 15.0. The first-order chi connectivity index (χ1) is 6.10. The largest absolute Gasteiger partial charge is 0.313 e. The van der Waals surface area contributed by atoms with E-state index in [9.17, 15) is 0 Å². The van der Waals surface area contributed by atoms with Gasteiger partial charge in [-0.2, -0.15) is 0 Å². The highest BCUT2D eigenvalue weighted by Crippen LogP contribution is 2.57. The van der Waals surface area contributed by atoms with E-state index < -0.39 is 0 Å². The first-order valence-electron chi connectivity index (χ1n) is 5.83. The SMILES string of the molecule is CC[C@@H]1C[C@@](C)(C2(C)CCC2)CN1.[HH]. The molecule has 1 N–H and O–H groups in total. The zero-order chi connectivity index (χ0) is 9.53. The second-order valence-electron chi connectivity index (χ2n) is 5.67. The van der Waals surface area contributed by atoms with Crippen LogP contribution in [0.5, 0.6) is 0 Å². The van der Waals surface area contributed by atoms with Crippen molar-refractivity contribution in [1.82, 2.24) is 5.32 Å². The van der Waals surface area contributed by atoms with Crippen LogP contribution >= 0.6 is 0 Å². The first-order valence-corrected chi connectivity index (χ1v) is 5.83. The molecule has 0 amide bonds. The van der Waals surface area contributed by atoms with Crippen LogP contribution in [0.4, 0.5) is 0 Å². The summed E-state index contributed by atoms with van der Waals surface area (Å²) in [7, 11) is 0. The van der Waals surface area contributed by atoms with Crippen LogP contribution in [0.25, 0.3) is 0 Å².